The van der Waals surface area contributed by atoms with Crippen LogP contribution in [0.4, 0.5) is 5.69 Å². The number of rotatable bonds is 4. The first-order valence-electron chi connectivity index (χ1n) is 10.8. The average molecular weight is 441 g/mol. The number of hydrogen-bond acceptors (Lipinski definition) is 8. The molecule has 1 aromatic carbocycles. The number of piperazine rings is 2. The molecule has 1 aromatic rings. The lowest BCUT2D eigenvalue weighted by molar-refractivity contribution is -0.384. The van der Waals surface area contributed by atoms with Crippen LogP contribution in [0.1, 0.15) is 18.4 Å². The predicted molar refractivity (Wildman–Crippen MR) is 118 cm³/mol. The van der Waals surface area contributed by atoms with Crippen LogP contribution in [0.3, 0.4) is 0 Å². The first kappa shape index (κ1) is 21.9. The first-order valence-corrected chi connectivity index (χ1v) is 10.8. The Labute approximate surface area is 185 Å². The number of nitro benzene ring substituents is 1. The van der Waals surface area contributed by atoms with E-state index in [4.69, 9.17) is 0 Å². The van der Waals surface area contributed by atoms with Gasteiger partial charge in [-0.3, -0.25) is 25.1 Å². The van der Waals surface area contributed by atoms with Gasteiger partial charge >= 0.3 is 0 Å². The van der Waals surface area contributed by atoms with E-state index >= 15 is 0 Å². The molecule has 3 aliphatic rings. The van der Waals surface area contributed by atoms with Crippen molar-refractivity contribution in [3.8, 4) is 0 Å². The zero-order chi connectivity index (χ0) is 22.7. The molecule has 11 nitrogen and oxygen atoms in total. The molecule has 2 saturated heterocycles. The Balaban J connectivity index is 1.76. The molecule has 0 saturated carbocycles. The van der Waals surface area contributed by atoms with Gasteiger partial charge in [0.25, 0.3) is 17.5 Å². The van der Waals surface area contributed by atoms with Gasteiger partial charge in [0, 0.05) is 70.2 Å². The second-order valence-electron chi connectivity index (χ2n) is 8.02. The minimum Gasteiger partial charge on any atom is -0.336 e. The normalized spacial score (nSPS) is 21.7. The van der Waals surface area contributed by atoms with Gasteiger partial charge in [-0.05, 0) is 12.5 Å². The molecule has 3 N–H and O–H groups in total. The number of non-ortho nitro benzene ring substituents is 1. The molecule has 4 rings (SSSR count). The fourth-order valence-electron chi connectivity index (χ4n) is 4.29. The number of amides is 2. The van der Waals surface area contributed by atoms with E-state index in [1.54, 1.807) is 28.9 Å². The molecule has 0 spiro atoms. The number of nitrogens with one attached hydrogen (secondary N) is 3. The average Bonchev–Trinajstić information content (AvgIpc) is 2.84. The van der Waals surface area contributed by atoms with Crippen molar-refractivity contribution in [2.24, 2.45) is 5.10 Å². The summed E-state index contributed by atoms with van der Waals surface area (Å²) >= 11 is 0. The van der Waals surface area contributed by atoms with E-state index in [1.807, 2.05) is 0 Å². The highest BCUT2D eigenvalue weighted by Gasteiger charge is 2.40. The number of hydrazone groups is 1. The van der Waals surface area contributed by atoms with E-state index in [1.165, 1.54) is 12.1 Å². The second-order valence-corrected chi connectivity index (χ2v) is 8.02. The lowest BCUT2D eigenvalue weighted by atomic mass is 9.83. The van der Waals surface area contributed by atoms with Gasteiger partial charge in [-0.2, -0.15) is 5.10 Å². The van der Waals surface area contributed by atoms with E-state index in [0.717, 1.165) is 0 Å². The van der Waals surface area contributed by atoms with E-state index < -0.39 is 10.8 Å². The second kappa shape index (κ2) is 9.45. The molecule has 3 heterocycles. The van der Waals surface area contributed by atoms with Crippen LogP contribution in [-0.2, 0) is 9.59 Å². The highest BCUT2D eigenvalue weighted by molar-refractivity contribution is 6.42. The van der Waals surface area contributed by atoms with Crippen molar-refractivity contribution >= 4 is 23.2 Å². The summed E-state index contributed by atoms with van der Waals surface area (Å²) in [6.07, 6.45) is 0. The standard InChI is InChI=1S/C21H27N7O4/c1-14-17(20(29)26-9-5-22-6-10-26)18(15-3-2-4-16(13-15)28(31)32)19(25-24-14)21(30)27-11-7-23-8-12-27/h2-4,13,18,22-24H,5-12H2,1H3. The van der Waals surface area contributed by atoms with Crippen molar-refractivity contribution in [2.75, 3.05) is 52.4 Å². The Hall–Kier alpha value is -3.31. The van der Waals surface area contributed by atoms with Gasteiger partial charge in [-0.1, -0.05) is 12.1 Å². The highest BCUT2D eigenvalue weighted by atomic mass is 16.6. The van der Waals surface area contributed by atoms with E-state index in [-0.39, 0.29) is 23.2 Å². The molecular weight excluding hydrogens is 414 g/mol. The zero-order valence-electron chi connectivity index (χ0n) is 18.0. The summed E-state index contributed by atoms with van der Waals surface area (Å²) in [5.74, 6) is -1.25. The van der Waals surface area contributed by atoms with Crippen molar-refractivity contribution in [3.05, 3.63) is 51.2 Å². The van der Waals surface area contributed by atoms with Crippen molar-refractivity contribution in [3.63, 3.8) is 0 Å². The molecule has 0 aliphatic carbocycles. The van der Waals surface area contributed by atoms with Crippen LogP contribution in [0.15, 0.2) is 40.6 Å². The van der Waals surface area contributed by atoms with Gasteiger partial charge in [-0.25, -0.2) is 0 Å². The maximum Gasteiger partial charge on any atom is 0.271 e. The number of benzene rings is 1. The minimum absolute atomic E-state index is 0.0957. The maximum absolute atomic E-state index is 13.6. The summed E-state index contributed by atoms with van der Waals surface area (Å²) in [5, 5.41) is 22.2. The molecule has 0 radical (unpaired) electrons. The fourth-order valence-corrected chi connectivity index (χ4v) is 4.29. The number of nitrogens with zero attached hydrogens (tertiary/aromatic N) is 4. The largest absolute Gasteiger partial charge is 0.336 e. The highest BCUT2D eigenvalue weighted by Crippen LogP contribution is 2.34. The molecule has 0 aromatic heterocycles. The minimum atomic E-state index is -0.791. The van der Waals surface area contributed by atoms with Gasteiger partial charge in [0.2, 0.25) is 0 Å². The Morgan fingerprint density at radius 2 is 1.62 bits per heavy atom. The van der Waals surface area contributed by atoms with Crippen LogP contribution >= 0.6 is 0 Å². The molecule has 32 heavy (non-hydrogen) atoms. The van der Waals surface area contributed by atoms with Crippen molar-refractivity contribution in [2.45, 2.75) is 12.8 Å². The van der Waals surface area contributed by atoms with Crippen LogP contribution in [0.25, 0.3) is 0 Å². The monoisotopic (exact) mass is 441 g/mol. The quantitative estimate of drug-likeness (QED) is 0.435. The zero-order valence-corrected chi connectivity index (χ0v) is 18.0. The SMILES string of the molecule is CC1=C(C(=O)N2CCNCC2)C(c2cccc([N+](=O)[O-])c2)C(C(=O)N2CCNCC2)=NN1. The van der Waals surface area contributed by atoms with Crippen LogP contribution in [0.5, 0.6) is 0 Å². The number of nitro groups is 1. The van der Waals surface area contributed by atoms with Crippen molar-refractivity contribution in [1.29, 1.82) is 0 Å². The molecule has 1 atom stereocenters. The predicted octanol–water partition coefficient (Wildman–Crippen LogP) is -0.225. The number of allylic oxidation sites excluding steroid dienone is 1. The van der Waals surface area contributed by atoms with Gasteiger partial charge in [0.15, 0.2) is 0 Å². The van der Waals surface area contributed by atoms with Gasteiger partial charge in [-0.15, -0.1) is 0 Å². The molecule has 3 aliphatic heterocycles. The van der Waals surface area contributed by atoms with E-state index in [9.17, 15) is 19.7 Å². The Kier molecular flexibility index (Phi) is 6.47. The topological polar surface area (TPSA) is 132 Å². The van der Waals surface area contributed by atoms with Gasteiger partial charge in [0.1, 0.15) is 5.71 Å². The third-order valence-electron chi connectivity index (χ3n) is 5.98. The summed E-state index contributed by atoms with van der Waals surface area (Å²) in [5.41, 5.74) is 4.40. The summed E-state index contributed by atoms with van der Waals surface area (Å²) in [7, 11) is 0. The molecule has 2 fully saturated rings. The molecule has 2 amide bonds. The molecule has 1 unspecified atom stereocenters. The van der Waals surface area contributed by atoms with Gasteiger partial charge in [0.05, 0.1) is 16.4 Å². The molecule has 11 heteroatoms. The van der Waals surface area contributed by atoms with Crippen LogP contribution < -0.4 is 16.1 Å². The molecular formula is C21H27N7O4. The van der Waals surface area contributed by atoms with E-state index in [2.05, 4.69) is 21.2 Å². The van der Waals surface area contributed by atoms with Crippen molar-refractivity contribution < 1.29 is 14.5 Å². The van der Waals surface area contributed by atoms with Crippen LogP contribution in [-0.4, -0.2) is 84.6 Å². The number of hydrogen-bond donors (Lipinski definition) is 3. The van der Waals surface area contributed by atoms with Gasteiger partial charge < -0.3 is 20.4 Å². The van der Waals surface area contributed by atoms with E-state index in [0.29, 0.717) is 69.2 Å². The molecule has 0 bridgehead atoms. The Morgan fingerprint density at radius 3 is 2.22 bits per heavy atom. The van der Waals surface area contributed by atoms with Crippen molar-refractivity contribution in [1.82, 2.24) is 25.9 Å². The smallest absolute Gasteiger partial charge is 0.271 e. The fraction of sp³-hybridized carbons (Fsp3) is 0.476. The van der Waals surface area contributed by atoms with Crippen LogP contribution in [0.2, 0.25) is 0 Å². The third-order valence-corrected chi connectivity index (χ3v) is 5.98. The third kappa shape index (κ3) is 4.34. The Bertz CT molecular complexity index is 978. The summed E-state index contributed by atoms with van der Waals surface area (Å²) in [6.45, 7) is 6.64. The number of carbonyl (C=O) groups is 2. The van der Waals surface area contributed by atoms with Crippen LogP contribution in [0, 0.1) is 10.1 Å². The molecule has 170 valence electrons. The maximum atomic E-state index is 13.6. The number of carbonyl (C=O) groups excluding carboxylic acids is 2. The lowest BCUT2D eigenvalue weighted by Crippen LogP contribution is -2.52. The lowest BCUT2D eigenvalue weighted by Gasteiger charge is -2.35. The summed E-state index contributed by atoms with van der Waals surface area (Å²) in [4.78, 5) is 41.4. The summed E-state index contributed by atoms with van der Waals surface area (Å²) < 4.78 is 0. The summed E-state index contributed by atoms with van der Waals surface area (Å²) in [6, 6.07) is 6.11. The Morgan fingerprint density at radius 1 is 1.03 bits per heavy atom. The first-order chi connectivity index (χ1) is 15.5.